The molecule has 22 N–H and O–H groups in total. The van der Waals surface area contributed by atoms with Crippen LogP contribution in [-0.4, -0.2) is 192 Å². The van der Waals surface area contributed by atoms with Crippen molar-refractivity contribution in [2.24, 2.45) is 22.6 Å². The molecule has 7 aliphatic heterocycles. The summed E-state index contributed by atoms with van der Waals surface area (Å²) >= 11 is 14.4. The number of halogens is 2. The lowest BCUT2D eigenvalue weighted by Crippen LogP contribution is -2.64. The summed E-state index contributed by atoms with van der Waals surface area (Å²) in [6, 6.07) is 17.5. The van der Waals surface area contributed by atoms with E-state index in [2.05, 4.69) is 53.0 Å². The van der Waals surface area contributed by atoms with Crippen LogP contribution in [0.15, 0.2) is 151 Å². The predicted octanol–water partition coefficient (Wildman–Crippen LogP) is 4.88. The molecule has 676 valence electrons. The van der Waals surface area contributed by atoms with E-state index in [0.29, 0.717) is 5.56 Å². The first-order valence-corrected chi connectivity index (χ1v) is 41.2. The average Bonchev–Trinajstić information content (AvgIpc) is 0.762. The molecule has 128 heavy (non-hydrogen) atoms. The molecule has 11 bridgehead atoms. The number of hydrogen-bond donors (Lipinski definition) is 20. The second-order valence-corrected chi connectivity index (χ2v) is 33.0. The zero-order valence-electron chi connectivity index (χ0n) is 69.3. The Morgan fingerprint density at radius 3 is 1.97 bits per heavy atom. The summed E-state index contributed by atoms with van der Waals surface area (Å²) in [4.78, 5) is 148. The van der Waals surface area contributed by atoms with Gasteiger partial charge in [-0.05, 0) is 163 Å². The highest BCUT2D eigenvalue weighted by Gasteiger charge is 2.52. The van der Waals surface area contributed by atoms with E-state index in [4.69, 9.17) is 67.8 Å². The third-order valence-electron chi connectivity index (χ3n) is 22.3. The lowest BCUT2D eigenvalue weighted by molar-refractivity contribution is -0.333. The Labute approximate surface area is 740 Å². The average molecular weight is 1810 g/mol. The van der Waals surface area contributed by atoms with Crippen molar-refractivity contribution in [2.75, 3.05) is 19.0 Å². The van der Waals surface area contributed by atoms with E-state index in [1.54, 1.807) is 31.2 Å². The van der Waals surface area contributed by atoms with E-state index >= 15 is 28.8 Å². The summed E-state index contributed by atoms with van der Waals surface area (Å²) in [6.07, 6.45) is -18.9. The summed E-state index contributed by atoms with van der Waals surface area (Å²) in [5, 5.41) is 132. The number of hydrogen-bond acceptors (Lipinski definition) is 29. The number of aliphatic hydroxyl groups is 6. The number of ether oxygens (including phenoxy) is 7. The van der Waals surface area contributed by atoms with Crippen LogP contribution in [0.5, 0.6) is 51.7 Å². The highest BCUT2D eigenvalue weighted by molar-refractivity contribution is 6.32. The zero-order valence-corrected chi connectivity index (χ0v) is 70.8. The predicted molar refractivity (Wildman–Crippen MR) is 455 cm³/mol. The number of benzene rings is 8. The van der Waals surface area contributed by atoms with Gasteiger partial charge < -0.3 is 138 Å². The van der Waals surface area contributed by atoms with Gasteiger partial charge in [-0.25, -0.2) is 0 Å². The van der Waals surface area contributed by atoms with Crippen LogP contribution in [0.4, 0.5) is 11.4 Å². The Morgan fingerprint density at radius 1 is 0.680 bits per heavy atom. The number of anilines is 1. The fraction of sp³-hybridized carbons (Fsp3) is 0.352. The third-order valence-corrected chi connectivity index (χ3v) is 22.9. The number of aromatic hydroxyl groups is 3. The van der Waals surface area contributed by atoms with E-state index < -0.39 is 250 Å². The number of amides is 9. The molecular formula is C88H94Cl2N12O26. The Kier molecular flexibility index (Phi) is 28.5. The maximum atomic E-state index is 16.4. The first kappa shape index (κ1) is 93.0. The topological polar surface area (TPSA) is 590 Å². The molecule has 2 saturated heterocycles. The van der Waals surface area contributed by atoms with Crippen molar-refractivity contribution in [1.82, 2.24) is 42.5 Å². The molecule has 38 nitrogen and oxygen atoms in total. The van der Waals surface area contributed by atoms with Crippen molar-refractivity contribution >= 4 is 87.7 Å². The van der Waals surface area contributed by atoms with Gasteiger partial charge in [-0.15, -0.1) is 4.91 Å². The van der Waals surface area contributed by atoms with Gasteiger partial charge >= 0.3 is 0 Å². The summed E-state index contributed by atoms with van der Waals surface area (Å²) in [5.41, 5.74) is 9.47. The minimum absolute atomic E-state index is 0.0419. The number of aliphatic hydroxyl groups excluding tert-OH is 6. The smallest absolute Gasteiger partial charge is 0.258 e. The van der Waals surface area contributed by atoms with Crippen molar-refractivity contribution in [3.8, 4) is 62.9 Å². The van der Waals surface area contributed by atoms with Crippen molar-refractivity contribution in [3.05, 3.63) is 211 Å². The number of nitrogens with two attached hydrogens (primary N) is 2. The van der Waals surface area contributed by atoms with E-state index in [9.17, 15) is 65.2 Å². The second-order valence-electron chi connectivity index (χ2n) is 32.2. The minimum Gasteiger partial charge on any atom is -0.508 e. The number of aryl methyl sites for hydroxylation is 1. The van der Waals surface area contributed by atoms with Crippen LogP contribution in [0.25, 0.3) is 11.1 Å². The monoisotopic (exact) mass is 1800 g/mol. The zero-order chi connectivity index (χ0) is 92.2. The van der Waals surface area contributed by atoms with Crippen LogP contribution >= 0.6 is 23.2 Å². The largest absolute Gasteiger partial charge is 0.508 e. The number of nitrogens with zero attached hydrogens (tertiary/aromatic N) is 1. The van der Waals surface area contributed by atoms with E-state index in [-0.39, 0.29) is 81.1 Å². The molecule has 7 heterocycles. The molecule has 2 fully saturated rings. The SMILES string of the molecule is CN[C@H](CC(C)C)C(=O)N[C@H]1C(=O)N[C@@H](CC(N)=O)C(=O)NC2C(=O)N[C@H]3C(=O)N[C@H](C(=O)N[C@@H](C(=O)NCc4cccc(NC(=O)c5ccc(C)c(OCc6ccccc6)c5N=O)c4)c4cc(O)cc(O)c4-c4cc3ccc4O)[C@H](O)c3ccc(c(Cl)c3)Oc3cc2cc(c3O[C@@H]2O[C@H](CO)[C@@H](O)[C@H](O)[C@H]2O[C@H]2C[C@](C)(N)[C@H](O)[C@H](C)O2)Oc2ccc(cc2Cl)[C@H]1O. The molecule has 15 rings (SSSR count). The van der Waals surface area contributed by atoms with Gasteiger partial charge in [0.05, 0.1) is 46.9 Å². The van der Waals surface area contributed by atoms with Crippen LogP contribution in [0.3, 0.4) is 0 Å². The summed E-state index contributed by atoms with van der Waals surface area (Å²) in [5.74, 6) is -16.2. The maximum Gasteiger partial charge on any atom is 0.258 e. The molecule has 0 radical (unpaired) electrons. The molecule has 1 unspecified atom stereocenters. The molecule has 8 aromatic carbocycles. The van der Waals surface area contributed by atoms with Gasteiger partial charge in [0.2, 0.25) is 59.3 Å². The number of phenols is 3. The number of nitroso groups, excluding NO2 is 1. The van der Waals surface area contributed by atoms with Crippen LogP contribution in [0.1, 0.15) is 132 Å². The Hall–Kier alpha value is -12.7. The van der Waals surface area contributed by atoms with Crippen LogP contribution in [-0.2, 0) is 65.7 Å². The standard InChI is InChI=1S/C88H94Cl2N12O26/c1-37(2)23-53(93-6)80(114)100-69-71(108)43-17-21-57(51(89)26-43)124-59-28-45-29-60(76(59)128-87-77(74(111)73(110)61(35-103)126-87)127-63-33-88(5,92)78(112)39(4)123-63)125-58-22-18-44(27-52(58)90)72(109)70-86(120)99-68(82(116)94-34-41-13-10-14-46(24-41)95-79(113)48-19-15-38(3)75(67(48)102-121)122-36-40-11-8-7-9-12-40)50-30-47(104)31-56(106)64(50)49-25-42(16-20-55(49)105)65(83(117)101-70)98-84(118)66(45)97-81(115)54(32-62(91)107)96-85(69)119/h7-22,24-31,37,39,53-54,61,63,65-66,68-74,77-78,87,93,103-106,108-112H,23,32-36,92H2,1-6H3,(H2,91,107)(H,94,116)(H,95,113)(H,96,119)(H,97,115)(H,98,118)(H,99,120)(H,100,114)(H,101,117)/t39-,53+,54-,61+,63-,65+,66?,68+,69+,70-,71+,72+,73+,74-,77+,78+,87-,88-/m0/s1. The normalized spacial score (nSPS) is 25.5. The van der Waals surface area contributed by atoms with Crippen molar-refractivity contribution < 1.29 is 122 Å². The number of nitrogens with one attached hydrogen (secondary N) is 9. The maximum absolute atomic E-state index is 16.4. The fourth-order valence-electron chi connectivity index (χ4n) is 15.6. The van der Waals surface area contributed by atoms with Gasteiger partial charge in [0, 0.05) is 41.4 Å². The number of carbonyl (C=O) groups excluding carboxylic acids is 9. The summed E-state index contributed by atoms with van der Waals surface area (Å²) in [6.45, 7) is 6.92. The first-order chi connectivity index (χ1) is 60.9. The van der Waals surface area contributed by atoms with Gasteiger partial charge in [-0.2, -0.15) is 0 Å². The Bertz CT molecular complexity index is 5620. The first-order valence-electron chi connectivity index (χ1n) is 40.5. The quantitative estimate of drug-likeness (QED) is 0.0426. The van der Waals surface area contributed by atoms with Crippen LogP contribution in [0.2, 0.25) is 10.0 Å². The molecule has 0 aliphatic carbocycles. The van der Waals surface area contributed by atoms with Crippen molar-refractivity contribution in [3.63, 3.8) is 0 Å². The van der Waals surface area contributed by atoms with Gasteiger partial charge in [0.25, 0.3) is 5.91 Å². The van der Waals surface area contributed by atoms with Gasteiger partial charge in [0.1, 0.15) is 102 Å². The Balaban J connectivity index is 0.947. The minimum atomic E-state index is -2.39. The lowest BCUT2D eigenvalue weighted by Gasteiger charge is -2.47. The number of rotatable bonds is 21. The highest BCUT2D eigenvalue weighted by Crippen LogP contribution is 2.50. The number of likely N-dealkylation sites (N-methyl/N-ethyl adjacent to an activating group) is 1. The van der Waals surface area contributed by atoms with Gasteiger partial charge in [-0.1, -0.05) is 104 Å². The summed E-state index contributed by atoms with van der Waals surface area (Å²) in [7, 11) is 1.47. The molecule has 8 aromatic rings. The fourth-order valence-corrected chi connectivity index (χ4v) is 16.1. The van der Waals surface area contributed by atoms with E-state index in [0.717, 1.165) is 72.3 Å². The van der Waals surface area contributed by atoms with Gasteiger partial charge in [-0.3, -0.25) is 43.2 Å². The van der Waals surface area contributed by atoms with Crippen LogP contribution < -0.4 is 78.3 Å². The number of fused-ring (bicyclic) bond motifs is 15. The van der Waals surface area contributed by atoms with Crippen molar-refractivity contribution in [1.29, 1.82) is 0 Å². The molecule has 7 aliphatic rings. The molecule has 0 saturated carbocycles. The number of phenolic OH excluding ortho intramolecular Hbond substituents is 3. The lowest BCUT2D eigenvalue weighted by atomic mass is 9.86. The molecule has 9 amide bonds. The van der Waals surface area contributed by atoms with Crippen molar-refractivity contribution in [2.45, 2.75) is 176 Å². The molecule has 0 spiro atoms. The van der Waals surface area contributed by atoms with E-state index in [1.807, 2.05) is 32.0 Å². The summed E-state index contributed by atoms with van der Waals surface area (Å²) < 4.78 is 44.8. The third kappa shape index (κ3) is 20.5. The molecule has 0 aromatic heterocycles. The number of carbonyl (C=O) groups is 9. The number of primary amides is 1. The highest BCUT2D eigenvalue weighted by atomic mass is 35.5. The Morgan fingerprint density at radius 2 is 1.33 bits per heavy atom. The second kappa shape index (κ2) is 39.3. The van der Waals surface area contributed by atoms with Crippen LogP contribution in [0, 0.1) is 17.7 Å². The van der Waals surface area contributed by atoms with Gasteiger partial charge in [0.15, 0.2) is 35.3 Å². The molecule has 40 heteroatoms. The molecular weight excluding hydrogens is 1710 g/mol. The van der Waals surface area contributed by atoms with E-state index in [1.165, 1.54) is 57.3 Å². The molecule has 18 atom stereocenters.